The van der Waals surface area contributed by atoms with E-state index in [0.29, 0.717) is 24.6 Å². The van der Waals surface area contributed by atoms with Crippen LogP contribution in [-0.2, 0) is 4.79 Å². The number of primary amides is 1. The van der Waals surface area contributed by atoms with Crippen LogP contribution in [0.5, 0.6) is 0 Å². The second kappa shape index (κ2) is 6.51. The number of rotatable bonds is 4. The molecular formula is C16H24F3N5O. The van der Waals surface area contributed by atoms with Crippen molar-refractivity contribution in [2.45, 2.75) is 50.9 Å². The summed E-state index contributed by atoms with van der Waals surface area (Å²) in [7, 11) is 0. The van der Waals surface area contributed by atoms with Crippen molar-refractivity contribution in [3.05, 3.63) is 11.8 Å². The Morgan fingerprint density at radius 2 is 2.20 bits per heavy atom. The summed E-state index contributed by atoms with van der Waals surface area (Å²) in [5, 5.41) is 7.48. The van der Waals surface area contributed by atoms with Gasteiger partial charge >= 0.3 is 6.18 Å². The largest absolute Gasteiger partial charge is 0.410 e. The SMILES string of the molecule is CC(C)[C@@H]1C[C@H](C(F)(F)F)n2nc(C3CCN(CC(N)=O)C3)cc2N1. The van der Waals surface area contributed by atoms with Crippen LogP contribution in [0.25, 0.3) is 0 Å². The number of halogens is 3. The molecule has 6 nitrogen and oxygen atoms in total. The third-order valence-corrected chi connectivity index (χ3v) is 5.11. The molecule has 1 aromatic heterocycles. The van der Waals surface area contributed by atoms with E-state index >= 15 is 0 Å². The maximum absolute atomic E-state index is 13.5. The molecule has 9 heteroatoms. The number of amides is 1. The lowest BCUT2D eigenvalue weighted by Gasteiger charge is -2.35. The van der Waals surface area contributed by atoms with E-state index in [9.17, 15) is 18.0 Å². The van der Waals surface area contributed by atoms with Crippen molar-refractivity contribution in [3.8, 4) is 0 Å². The van der Waals surface area contributed by atoms with E-state index in [1.165, 1.54) is 0 Å². The average Bonchev–Trinajstić information content (AvgIpc) is 3.10. The minimum Gasteiger partial charge on any atom is -0.369 e. The molecule has 25 heavy (non-hydrogen) atoms. The number of anilines is 1. The monoisotopic (exact) mass is 359 g/mol. The standard InChI is InChI=1S/C16H24F3N5O/c1-9(2)11-5-13(16(17,18)19)24-15(21-11)6-12(22-24)10-3-4-23(7-10)8-14(20)25/h6,9-11,13,21H,3-5,7-8H2,1-2H3,(H2,20,25)/t10?,11-,13+/m0/s1. The minimum atomic E-state index is -4.33. The molecular weight excluding hydrogens is 335 g/mol. The first kappa shape index (κ1) is 18.0. The Morgan fingerprint density at radius 1 is 1.48 bits per heavy atom. The zero-order chi connectivity index (χ0) is 18.4. The molecule has 3 heterocycles. The highest BCUT2D eigenvalue weighted by Crippen LogP contribution is 2.42. The molecule has 1 amide bonds. The van der Waals surface area contributed by atoms with Gasteiger partial charge in [0.05, 0.1) is 12.2 Å². The first-order valence-electron chi connectivity index (χ1n) is 8.58. The number of carbonyl (C=O) groups excluding carboxylic acids is 1. The number of nitrogens with two attached hydrogens (primary N) is 1. The van der Waals surface area contributed by atoms with Gasteiger partial charge in [-0.15, -0.1) is 0 Å². The zero-order valence-corrected chi connectivity index (χ0v) is 14.4. The molecule has 1 fully saturated rings. The van der Waals surface area contributed by atoms with Crippen LogP contribution in [0.1, 0.15) is 44.3 Å². The number of carbonyl (C=O) groups is 1. The number of likely N-dealkylation sites (tertiary alicyclic amines) is 1. The van der Waals surface area contributed by atoms with E-state index < -0.39 is 18.1 Å². The second-order valence-electron chi connectivity index (χ2n) is 7.37. The van der Waals surface area contributed by atoms with Gasteiger partial charge < -0.3 is 11.1 Å². The molecule has 0 radical (unpaired) electrons. The first-order chi connectivity index (χ1) is 11.6. The Bertz CT molecular complexity index is 642. The summed E-state index contributed by atoms with van der Waals surface area (Å²) in [6.45, 7) is 5.28. The maximum atomic E-state index is 13.5. The van der Waals surface area contributed by atoms with Crippen LogP contribution in [0.15, 0.2) is 6.07 Å². The lowest BCUT2D eigenvalue weighted by Crippen LogP contribution is -2.41. The molecule has 0 aliphatic carbocycles. The van der Waals surface area contributed by atoms with Crippen LogP contribution in [0.2, 0.25) is 0 Å². The van der Waals surface area contributed by atoms with Crippen molar-refractivity contribution in [2.24, 2.45) is 11.7 Å². The quantitative estimate of drug-likeness (QED) is 0.863. The van der Waals surface area contributed by atoms with Crippen LogP contribution in [-0.4, -0.2) is 52.4 Å². The van der Waals surface area contributed by atoms with E-state index in [-0.39, 0.29) is 30.8 Å². The summed E-state index contributed by atoms with van der Waals surface area (Å²) in [5.74, 6) is 0.138. The fourth-order valence-electron chi connectivity index (χ4n) is 3.70. The highest BCUT2D eigenvalue weighted by Gasteiger charge is 2.47. The van der Waals surface area contributed by atoms with E-state index in [1.807, 2.05) is 18.7 Å². The molecule has 3 rings (SSSR count). The average molecular weight is 359 g/mol. The number of fused-ring (bicyclic) bond motifs is 1. The summed E-state index contributed by atoms with van der Waals surface area (Å²) in [6, 6.07) is -0.113. The van der Waals surface area contributed by atoms with Gasteiger partial charge in [0, 0.05) is 24.6 Å². The molecule has 140 valence electrons. The Kier molecular flexibility index (Phi) is 4.70. The molecule has 1 aromatic rings. The Hall–Kier alpha value is -1.77. The number of nitrogens with zero attached hydrogens (tertiary/aromatic N) is 3. The molecule has 0 aromatic carbocycles. The number of aromatic nitrogens is 2. The molecule has 2 aliphatic heterocycles. The van der Waals surface area contributed by atoms with Gasteiger partial charge in [-0.1, -0.05) is 13.8 Å². The van der Waals surface area contributed by atoms with Gasteiger partial charge in [-0.05, 0) is 25.3 Å². The Morgan fingerprint density at radius 3 is 2.80 bits per heavy atom. The van der Waals surface area contributed by atoms with Gasteiger partial charge in [0.25, 0.3) is 0 Å². The molecule has 1 saturated heterocycles. The van der Waals surface area contributed by atoms with Crippen molar-refractivity contribution in [1.82, 2.24) is 14.7 Å². The number of hydrogen-bond donors (Lipinski definition) is 2. The minimum absolute atomic E-state index is 0.0191. The predicted octanol–water partition coefficient (Wildman–Crippen LogP) is 2.10. The first-order valence-corrected chi connectivity index (χ1v) is 8.58. The highest BCUT2D eigenvalue weighted by molar-refractivity contribution is 5.75. The van der Waals surface area contributed by atoms with Gasteiger partial charge in [0.2, 0.25) is 5.91 Å². The van der Waals surface area contributed by atoms with Crippen molar-refractivity contribution < 1.29 is 18.0 Å². The van der Waals surface area contributed by atoms with E-state index in [2.05, 4.69) is 10.4 Å². The van der Waals surface area contributed by atoms with E-state index in [1.54, 1.807) is 6.07 Å². The smallest absolute Gasteiger partial charge is 0.369 e. The molecule has 0 spiro atoms. The summed E-state index contributed by atoms with van der Waals surface area (Å²) in [6.07, 6.45) is -3.59. The molecule has 0 bridgehead atoms. The van der Waals surface area contributed by atoms with Crippen molar-refractivity contribution in [3.63, 3.8) is 0 Å². The van der Waals surface area contributed by atoms with Crippen molar-refractivity contribution in [1.29, 1.82) is 0 Å². The third kappa shape index (κ3) is 3.75. The van der Waals surface area contributed by atoms with Gasteiger partial charge in [-0.3, -0.25) is 9.69 Å². The fourth-order valence-corrected chi connectivity index (χ4v) is 3.70. The summed E-state index contributed by atoms with van der Waals surface area (Å²) in [5.41, 5.74) is 5.86. The van der Waals surface area contributed by atoms with Crippen LogP contribution >= 0.6 is 0 Å². The topological polar surface area (TPSA) is 76.2 Å². The molecule has 2 aliphatic rings. The van der Waals surface area contributed by atoms with Crippen molar-refractivity contribution >= 4 is 11.7 Å². The third-order valence-electron chi connectivity index (χ3n) is 5.11. The van der Waals surface area contributed by atoms with Gasteiger partial charge in [0.15, 0.2) is 6.04 Å². The second-order valence-corrected chi connectivity index (χ2v) is 7.37. The zero-order valence-electron chi connectivity index (χ0n) is 14.4. The van der Waals surface area contributed by atoms with Crippen molar-refractivity contribution in [2.75, 3.05) is 25.0 Å². The lowest BCUT2D eigenvalue weighted by atomic mass is 9.94. The van der Waals surface area contributed by atoms with E-state index in [4.69, 9.17) is 5.73 Å². The van der Waals surface area contributed by atoms with Crippen LogP contribution in [0.3, 0.4) is 0 Å². The summed E-state index contributed by atoms with van der Waals surface area (Å²) >= 11 is 0. The van der Waals surface area contributed by atoms with Gasteiger partial charge in [-0.25, -0.2) is 4.68 Å². The normalized spacial score (nSPS) is 27.4. The Balaban J connectivity index is 1.83. The van der Waals surface area contributed by atoms with E-state index in [0.717, 1.165) is 11.1 Å². The molecule has 3 atom stereocenters. The number of hydrogen-bond acceptors (Lipinski definition) is 4. The maximum Gasteiger partial charge on any atom is 0.410 e. The molecule has 1 unspecified atom stereocenters. The fraction of sp³-hybridized carbons (Fsp3) is 0.750. The van der Waals surface area contributed by atoms with Crippen LogP contribution < -0.4 is 11.1 Å². The van der Waals surface area contributed by atoms with Crippen LogP contribution in [0, 0.1) is 5.92 Å². The predicted molar refractivity (Wildman–Crippen MR) is 87.2 cm³/mol. The summed E-state index contributed by atoms with van der Waals surface area (Å²) < 4.78 is 41.6. The Labute approximate surface area is 144 Å². The number of alkyl halides is 3. The number of nitrogens with one attached hydrogen (secondary N) is 1. The molecule has 3 N–H and O–H groups in total. The highest BCUT2D eigenvalue weighted by atomic mass is 19.4. The lowest BCUT2D eigenvalue weighted by molar-refractivity contribution is -0.174. The molecule has 0 saturated carbocycles. The van der Waals surface area contributed by atoms with Crippen LogP contribution in [0.4, 0.5) is 19.0 Å². The van der Waals surface area contributed by atoms with Gasteiger partial charge in [0.1, 0.15) is 5.82 Å². The van der Waals surface area contributed by atoms with Gasteiger partial charge in [-0.2, -0.15) is 18.3 Å². The summed E-state index contributed by atoms with van der Waals surface area (Å²) in [4.78, 5) is 13.0.